The fourth-order valence-corrected chi connectivity index (χ4v) is 3.32. The van der Waals surface area contributed by atoms with Crippen LogP contribution in [0, 0.1) is 0 Å². The molecule has 0 bridgehead atoms. The van der Waals surface area contributed by atoms with Gasteiger partial charge >= 0.3 is 0 Å². The molecule has 2 rings (SSSR count). The first-order valence-corrected chi connectivity index (χ1v) is 9.18. The maximum Gasteiger partial charge on any atom is 0.133 e. The van der Waals surface area contributed by atoms with E-state index in [-0.39, 0.29) is 11.7 Å². The monoisotopic (exact) mass is 318 g/mol. The fourth-order valence-electron chi connectivity index (χ4n) is 3.32. The standard InChI is InChI=1S/C20H30O3/c1-2-3-4-5-6-7-13-23-18-11-12-19(20(22)15-18)16-9-8-10-17(21)14-16/h11-12,15-16,22H,2-10,13-14H2,1H3. The number of phenols is 1. The van der Waals surface area contributed by atoms with Crippen LogP contribution in [-0.2, 0) is 4.79 Å². The van der Waals surface area contributed by atoms with Crippen molar-refractivity contribution in [2.45, 2.75) is 77.0 Å². The fraction of sp³-hybridized carbons (Fsp3) is 0.650. The van der Waals surface area contributed by atoms with Crippen molar-refractivity contribution in [2.75, 3.05) is 6.61 Å². The second-order valence-corrected chi connectivity index (χ2v) is 6.67. The SMILES string of the molecule is CCCCCCCCOc1ccc(C2CCCC(=O)C2)c(O)c1. The van der Waals surface area contributed by atoms with Gasteiger partial charge in [0.2, 0.25) is 0 Å². The number of carbonyl (C=O) groups is 1. The van der Waals surface area contributed by atoms with Crippen molar-refractivity contribution in [1.29, 1.82) is 0 Å². The number of ether oxygens (including phenoxy) is 1. The Labute approximate surface area is 140 Å². The lowest BCUT2D eigenvalue weighted by molar-refractivity contribution is -0.120. The Hall–Kier alpha value is -1.51. The Morgan fingerprint density at radius 3 is 2.70 bits per heavy atom. The third kappa shape index (κ3) is 5.89. The molecule has 3 heteroatoms. The first kappa shape index (κ1) is 17.8. The van der Waals surface area contributed by atoms with Crippen LogP contribution in [0.15, 0.2) is 18.2 Å². The summed E-state index contributed by atoms with van der Waals surface area (Å²) in [5.74, 6) is 1.47. The van der Waals surface area contributed by atoms with Gasteiger partial charge in [-0.15, -0.1) is 0 Å². The molecule has 0 saturated heterocycles. The zero-order chi connectivity index (χ0) is 16.5. The number of ketones is 1. The highest BCUT2D eigenvalue weighted by Gasteiger charge is 2.23. The van der Waals surface area contributed by atoms with Gasteiger partial charge in [0.05, 0.1) is 6.61 Å². The number of Topliss-reactive ketones (excluding diaryl/α,β-unsaturated/α-hetero) is 1. The lowest BCUT2D eigenvalue weighted by atomic mass is 9.83. The van der Waals surface area contributed by atoms with Crippen LogP contribution in [0.5, 0.6) is 11.5 Å². The highest BCUT2D eigenvalue weighted by molar-refractivity contribution is 5.80. The smallest absolute Gasteiger partial charge is 0.133 e. The summed E-state index contributed by atoms with van der Waals surface area (Å²) in [4.78, 5) is 11.6. The first-order chi connectivity index (χ1) is 11.2. The quantitative estimate of drug-likeness (QED) is 0.624. The van der Waals surface area contributed by atoms with Crippen LogP contribution in [-0.4, -0.2) is 17.5 Å². The number of unbranched alkanes of at least 4 members (excludes halogenated alkanes) is 5. The molecule has 1 fully saturated rings. The summed E-state index contributed by atoms with van der Waals surface area (Å²) in [7, 11) is 0. The molecule has 0 heterocycles. The van der Waals surface area contributed by atoms with Crippen molar-refractivity contribution in [1.82, 2.24) is 0 Å². The molecule has 0 aromatic heterocycles. The zero-order valence-electron chi connectivity index (χ0n) is 14.4. The van der Waals surface area contributed by atoms with Crippen molar-refractivity contribution in [3.05, 3.63) is 23.8 Å². The summed E-state index contributed by atoms with van der Waals surface area (Å²) in [5, 5.41) is 10.2. The maximum atomic E-state index is 11.6. The van der Waals surface area contributed by atoms with Crippen molar-refractivity contribution in [2.24, 2.45) is 0 Å². The lowest BCUT2D eigenvalue weighted by Gasteiger charge is -2.22. The van der Waals surface area contributed by atoms with E-state index in [4.69, 9.17) is 4.74 Å². The molecule has 0 aliphatic heterocycles. The maximum absolute atomic E-state index is 11.6. The Morgan fingerprint density at radius 2 is 1.96 bits per heavy atom. The van der Waals surface area contributed by atoms with E-state index < -0.39 is 0 Å². The van der Waals surface area contributed by atoms with Gasteiger partial charge in [-0.2, -0.15) is 0 Å². The van der Waals surface area contributed by atoms with Gasteiger partial charge < -0.3 is 9.84 Å². The minimum Gasteiger partial charge on any atom is -0.508 e. The van der Waals surface area contributed by atoms with E-state index >= 15 is 0 Å². The van der Waals surface area contributed by atoms with Gasteiger partial charge in [-0.3, -0.25) is 4.79 Å². The highest BCUT2D eigenvalue weighted by Crippen LogP contribution is 2.37. The van der Waals surface area contributed by atoms with Crippen molar-refractivity contribution >= 4 is 5.78 Å². The number of rotatable bonds is 9. The van der Waals surface area contributed by atoms with Gasteiger partial charge in [0.25, 0.3) is 0 Å². The number of aromatic hydroxyl groups is 1. The Balaban J connectivity index is 1.76. The molecule has 1 atom stereocenters. The Bertz CT molecular complexity index is 496. The normalized spacial score (nSPS) is 18.1. The summed E-state index contributed by atoms with van der Waals surface area (Å²) in [6.07, 6.45) is 10.6. The Kier molecular flexibility index (Phi) is 7.44. The molecule has 0 spiro atoms. The van der Waals surface area contributed by atoms with Crippen molar-refractivity contribution < 1.29 is 14.6 Å². The second-order valence-electron chi connectivity index (χ2n) is 6.67. The second kappa shape index (κ2) is 9.59. The molecule has 1 aromatic carbocycles. The molecule has 23 heavy (non-hydrogen) atoms. The summed E-state index contributed by atoms with van der Waals surface area (Å²) in [5.41, 5.74) is 0.893. The van der Waals surface area contributed by atoms with E-state index in [0.717, 1.165) is 30.6 Å². The average molecular weight is 318 g/mol. The number of hydrogen-bond acceptors (Lipinski definition) is 3. The van der Waals surface area contributed by atoms with Gasteiger partial charge in [-0.05, 0) is 36.8 Å². The topological polar surface area (TPSA) is 46.5 Å². The van der Waals surface area contributed by atoms with Gasteiger partial charge in [-0.1, -0.05) is 45.1 Å². The van der Waals surface area contributed by atoms with E-state index in [9.17, 15) is 9.90 Å². The van der Waals surface area contributed by atoms with Crippen molar-refractivity contribution in [3.8, 4) is 11.5 Å². The van der Waals surface area contributed by atoms with Crippen molar-refractivity contribution in [3.63, 3.8) is 0 Å². The molecule has 1 aliphatic rings. The molecule has 1 aromatic rings. The third-order valence-electron chi connectivity index (χ3n) is 4.69. The first-order valence-electron chi connectivity index (χ1n) is 9.18. The minimum absolute atomic E-state index is 0.170. The molecule has 1 N–H and O–H groups in total. The average Bonchev–Trinajstić information content (AvgIpc) is 2.54. The molecule has 0 amide bonds. The molecule has 3 nitrogen and oxygen atoms in total. The predicted molar refractivity (Wildman–Crippen MR) is 93.2 cm³/mol. The number of hydrogen-bond donors (Lipinski definition) is 1. The Morgan fingerprint density at radius 1 is 1.17 bits per heavy atom. The molecule has 1 aliphatic carbocycles. The van der Waals surface area contributed by atoms with Crippen LogP contribution in [0.4, 0.5) is 0 Å². The molecule has 0 radical (unpaired) electrons. The lowest BCUT2D eigenvalue weighted by Crippen LogP contribution is -2.13. The number of carbonyl (C=O) groups excluding carboxylic acids is 1. The van der Waals surface area contributed by atoms with Crippen LogP contribution in [0.2, 0.25) is 0 Å². The number of benzene rings is 1. The van der Waals surface area contributed by atoms with Crippen LogP contribution in [0.25, 0.3) is 0 Å². The van der Waals surface area contributed by atoms with E-state index in [0.29, 0.717) is 25.2 Å². The van der Waals surface area contributed by atoms with E-state index in [2.05, 4.69) is 6.92 Å². The van der Waals surface area contributed by atoms with E-state index in [1.54, 1.807) is 6.07 Å². The highest BCUT2D eigenvalue weighted by atomic mass is 16.5. The van der Waals surface area contributed by atoms with Gasteiger partial charge in [0.15, 0.2) is 0 Å². The van der Waals surface area contributed by atoms with Gasteiger partial charge in [0, 0.05) is 18.9 Å². The number of phenolic OH excluding ortho intramolecular Hbond substituents is 1. The van der Waals surface area contributed by atoms with Gasteiger partial charge in [-0.25, -0.2) is 0 Å². The van der Waals surface area contributed by atoms with E-state index in [1.165, 1.54) is 32.1 Å². The molecule has 128 valence electrons. The third-order valence-corrected chi connectivity index (χ3v) is 4.69. The van der Waals surface area contributed by atoms with Crippen LogP contribution in [0.1, 0.15) is 82.6 Å². The predicted octanol–water partition coefficient (Wildman–Crippen LogP) is 5.36. The molecular weight excluding hydrogens is 288 g/mol. The summed E-state index contributed by atoms with van der Waals surface area (Å²) >= 11 is 0. The van der Waals surface area contributed by atoms with Crippen LogP contribution >= 0.6 is 0 Å². The largest absolute Gasteiger partial charge is 0.508 e. The zero-order valence-corrected chi connectivity index (χ0v) is 14.4. The molecular formula is C20H30O3. The van der Waals surface area contributed by atoms with Crippen LogP contribution in [0.3, 0.4) is 0 Å². The summed E-state index contributed by atoms with van der Waals surface area (Å²) < 4.78 is 5.73. The summed E-state index contributed by atoms with van der Waals surface area (Å²) in [6.45, 7) is 2.93. The minimum atomic E-state index is 0.170. The molecule has 1 saturated carbocycles. The van der Waals surface area contributed by atoms with E-state index in [1.807, 2.05) is 12.1 Å². The van der Waals surface area contributed by atoms with Crippen LogP contribution < -0.4 is 4.74 Å². The summed E-state index contributed by atoms with van der Waals surface area (Å²) in [6, 6.07) is 5.55. The van der Waals surface area contributed by atoms with Gasteiger partial charge in [0.1, 0.15) is 17.3 Å². The molecule has 1 unspecified atom stereocenters.